The van der Waals surface area contributed by atoms with Crippen LogP contribution < -0.4 is 19.5 Å². The van der Waals surface area contributed by atoms with Gasteiger partial charge in [0.05, 0.1) is 24.9 Å². The van der Waals surface area contributed by atoms with Gasteiger partial charge in [-0.05, 0) is 47.9 Å². The maximum absolute atomic E-state index is 12.9. The number of amides is 1. The molecule has 4 rings (SSSR count). The van der Waals surface area contributed by atoms with Crippen molar-refractivity contribution in [1.29, 1.82) is 0 Å². The molecule has 3 aromatic rings. The SMILES string of the molecule is COc1ccc2c(c1)CC(C(=O)Nc1ccc(-c3cn[nH]c3)cc1OCC(=O)O)CO2. The Bertz CT molecular complexity index is 1100. The predicted octanol–water partition coefficient (Wildman–Crippen LogP) is 2.74. The Kier molecular flexibility index (Phi) is 5.74. The zero-order chi connectivity index (χ0) is 21.8. The van der Waals surface area contributed by atoms with E-state index in [-0.39, 0.29) is 18.3 Å². The largest absolute Gasteiger partial charge is 0.497 e. The molecule has 1 aromatic heterocycles. The van der Waals surface area contributed by atoms with Gasteiger partial charge in [-0.1, -0.05) is 6.07 Å². The Hall–Kier alpha value is -4.01. The Morgan fingerprint density at radius 1 is 1.26 bits per heavy atom. The van der Waals surface area contributed by atoms with E-state index in [0.717, 1.165) is 22.4 Å². The van der Waals surface area contributed by atoms with Crippen molar-refractivity contribution >= 4 is 17.6 Å². The zero-order valence-corrected chi connectivity index (χ0v) is 16.8. The number of aliphatic carboxylic acids is 1. The fraction of sp³-hybridized carbons (Fsp3) is 0.227. The highest BCUT2D eigenvalue weighted by atomic mass is 16.5. The second-order valence-electron chi connectivity index (χ2n) is 7.06. The lowest BCUT2D eigenvalue weighted by Gasteiger charge is -2.25. The highest BCUT2D eigenvalue weighted by Crippen LogP contribution is 2.33. The Balaban J connectivity index is 1.53. The number of nitrogens with one attached hydrogen (secondary N) is 2. The first-order valence-electron chi connectivity index (χ1n) is 9.62. The molecule has 0 saturated heterocycles. The van der Waals surface area contributed by atoms with Crippen LogP contribution in [0.1, 0.15) is 5.56 Å². The first-order valence-corrected chi connectivity index (χ1v) is 9.62. The molecule has 1 amide bonds. The van der Waals surface area contributed by atoms with Crippen molar-refractivity contribution in [3.8, 4) is 28.4 Å². The monoisotopic (exact) mass is 423 g/mol. The maximum atomic E-state index is 12.9. The van der Waals surface area contributed by atoms with Gasteiger partial charge in [-0.2, -0.15) is 5.10 Å². The second kappa shape index (κ2) is 8.78. The van der Waals surface area contributed by atoms with E-state index in [1.54, 1.807) is 37.7 Å². The number of benzene rings is 2. The average Bonchev–Trinajstić information content (AvgIpc) is 3.32. The first kappa shape index (κ1) is 20.3. The molecule has 1 unspecified atom stereocenters. The summed E-state index contributed by atoms with van der Waals surface area (Å²) in [6, 6.07) is 10.6. The number of ether oxygens (including phenoxy) is 3. The number of nitrogens with zero attached hydrogens (tertiary/aromatic N) is 1. The molecule has 0 bridgehead atoms. The normalized spacial score (nSPS) is 14.8. The number of carbonyl (C=O) groups is 2. The van der Waals surface area contributed by atoms with Gasteiger partial charge in [-0.3, -0.25) is 9.89 Å². The fourth-order valence-corrected chi connectivity index (χ4v) is 3.37. The van der Waals surface area contributed by atoms with Crippen LogP contribution in [-0.2, 0) is 16.0 Å². The number of aromatic nitrogens is 2. The Labute approximate surface area is 177 Å². The number of carboxylic acid groups (broad SMARTS) is 1. The van der Waals surface area contributed by atoms with E-state index >= 15 is 0 Å². The molecular weight excluding hydrogens is 402 g/mol. The number of rotatable bonds is 7. The van der Waals surface area contributed by atoms with Gasteiger partial charge in [0.1, 0.15) is 23.9 Å². The molecule has 1 aliphatic rings. The van der Waals surface area contributed by atoms with E-state index in [1.807, 2.05) is 18.2 Å². The summed E-state index contributed by atoms with van der Waals surface area (Å²) in [6.07, 6.45) is 3.84. The van der Waals surface area contributed by atoms with Crippen LogP contribution in [0.25, 0.3) is 11.1 Å². The van der Waals surface area contributed by atoms with Crippen molar-refractivity contribution in [2.75, 3.05) is 25.6 Å². The second-order valence-corrected chi connectivity index (χ2v) is 7.06. The van der Waals surface area contributed by atoms with E-state index in [0.29, 0.717) is 17.9 Å². The van der Waals surface area contributed by atoms with Crippen molar-refractivity contribution in [3.05, 3.63) is 54.4 Å². The van der Waals surface area contributed by atoms with Gasteiger partial charge in [-0.15, -0.1) is 0 Å². The summed E-state index contributed by atoms with van der Waals surface area (Å²) in [7, 11) is 1.58. The van der Waals surface area contributed by atoms with E-state index in [2.05, 4.69) is 15.5 Å². The van der Waals surface area contributed by atoms with Crippen molar-refractivity contribution < 1.29 is 28.9 Å². The van der Waals surface area contributed by atoms with E-state index in [9.17, 15) is 9.59 Å². The minimum atomic E-state index is -1.11. The average molecular weight is 423 g/mol. The maximum Gasteiger partial charge on any atom is 0.341 e. The van der Waals surface area contributed by atoms with Crippen LogP contribution in [0.15, 0.2) is 48.8 Å². The number of hydrogen-bond donors (Lipinski definition) is 3. The smallest absolute Gasteiger partial charge is 0.341 e. The molecule has 0 spiro atoms. The summed E-state index contributed by atoms with van der Waals surface area (Å²) >= 11 is 0. The lowest BCUT2D eigenvalue weighted by molar-refractivity contribution is -0.139. The molecule has 9 nitrogen and oxygen atoms in total. The minimum Gasteiger partial charge on any atom is -0.497 e. The first-order chi connectivity index (χ1) is 15.0. The summed E-state index contributed by atoms with van der Waals surface area (Å²) in [4.78, 5) is 23.9. The summed E-state index contributed by atoms with van der Waals surface area (Å²) in [5.74, 6) is -0.0851. The van der Waals surface area contributed by atoms with E-state index in [4.69, 9.17) is 19.3 Å². The quantitative estimate of drug-likeness (QED) is 0.534. The van der Waals surface area contributed by atoms with Crippen molar-refractivity contribution in [2.45, 2.75) is 6.42 Å². The molecule has 0 radical (unpaired) electrons. The number of H-pyrrole nitrogens is 1. The molecule has 160 valence electrons. The van der Waals surface area contributed by atoms with Crippen LogP contribution in [-0.4, -0.2) is 47.5 Å². The zero-order valence-electron chi connectivity index (χ0n) is 16.8. The fourth-order valence-electron chi connectivity index (χ4n) is 3.37. The van der Waals surface area contributed by atoms with Crippen LogP contribution in [0.4, 0.5) is 5.69 Å². The lowest BCUT2D eigenvalue weighted by Crippen LogP contribution is -2.32. The van der Waals surface area contributed by atoms with Crippen LogP contribution in [0.2, 0.25) is 0 Å². The molecule has 2 heterocycles. The Morgan fingerprint density at radius 3 is 2.87 bits per heavy atom. The third kappa shape index (κ3) is 4.61. The van der Waals surface area contributed by atoms with E-state index in [1.165, 1.54) is 0 Å². The molecular formula is C22H21N3O6. The van der Waals surface area contributed by atoms with Gasteiger partial charge in [0, 0.05) is 11.8 Å². The Morgan fingerprint density at radius 2 is 2.13 bits per heavy atom. The highest BCUT2D eigenvalue weighted by Gasteiger charge is 2.27. The predicted molar refractivity (Wildman–Crippen MR) is 111 cm³/mol. The number of hydrogen-bond acceptors (Lipinski definition) is 6. The molecule has 0 fully saturated rings. The third-order valence-electron chi connectivity index (χ3n) is 4.97. The standard InChI is InChI=1S/C22H21N3O6/c1-29-17-3-5-19-14(7-17)6-15(11-30-19)22(28)25-18-4-2-13(16-9-23-24-10-16)8-20(18)31-12-21(26)27/h2-5,7-10,15H,6,11-12H2,1H3,(H,23,24)(H,25,28)(H,26,27). The van der Waals surface area contributed by atoms with Gasteiger partial charge in [-0.25, -0.2) is 4.79 Å². The summed E-state index contributed by atoms with van der Waals surface area (Å²) in [5.41, 5.74) is 2.86. The van der Waals surface area contributed by atoms with Gasteiger partial charge >= 0.3 is 5.97 Å². The molecule has 2 aromatic carbocycles. The van der Waals surface area contributed by atoms with Crippen LogP contribution >= 0.6 is 0 Å². The van der Waals surface area contributed by atoms with Gasteiger partial charge in [0.25, 0.3) is 0 Å². The number of aromatic amines is 1. The molecule has 1 aliphatic heterocycles. The highest BCUT2D eigenvalue weighted by molar-refractivity contribution is 5.95. The summed E-state index contributed by atoms with van der Waals surface area (Å²) < 4.78 is 16.4. The topological polar surface area (TPSA) is 123 Å². The number of fused-ring (bicyclic) bond motifs is 1. The molecule has 31 heavy (non-hydrogen) atoms. The molecule has 1 atom stereocenters. The van der Waals surface area contributed by atoms with Gasteiger partial charge in [0.2, 0.25) is 5.91 Å². The van der Waals surface area contributed by atoms with Crippen LogP contribution in [0, 0.1) is 5.92 Å². The number of anilines is 1. The van der Waals surface area contributed by atoms with Crippen LogP contribution in [0.3, 0.4) is 0 Å². The van der Waals surface area contributed by atoms with Gasteiger partial charge < -0.3 is 24.6 Å². The third-order valence-corrected chi connectivity index (χ3v) is 4.97. The number of carbonyl (C=O) groups excluding carboxylic acids is 1. The number of methoxy groups -OCH3 is 1. The molecule has 9 heteroatoms. The summed E-state index contributed by atoms with van der Waals surface area (Å²) in [6.45, 7) is -0.291. The minimum absolute atomic E-state index is 0.240. The molecule has 3 N–H and O–H groups in total. The molecule has 0 aliphatic carbocycles. The van der Waals surface area contributed by atoms with Crippen molar-refractivity contribution in [2.24, 2.45) is 5.92 Å². The summed E-state index contributed by atoms with van der Waals surface area (Å²) in [5, 5.41) is 18.5. The molecule has 0 saturated carbocycles. The van der Waals surface area contributed by atoms with Gasteiger partial charge in [0.15, 0.2) is 6.61 Å². The van der Waals surface area contributed by atoms with Crippen LogP contribution in [0.5, 0.6) is 17.2 Å². The number of carboxylic acids is 1. The lowest BCUT2D eigenvalue weighted by atomic mass is 9.95. The van der Waals surface area contributed by atoms with Crippen molar-refractivity contribution in [3.63, 3.8) is 0 Å². The van der Waals surface area contributed by atoms with E-state index < -0.39 is 18.5 Å². The van der Waals surface area contributed by atoms with Crippen molar-refractivity contribution in [1.82, 2.24) is 10.2 Å².